The minimum absolute atomic E-state index is 0. The van der Waals surface area contributed by atoms with Gasteiger partial charge in [-0.1, -0.05) is 31.4 Å². The fraction of sp³-hybridized carbons (Fsp3) is 0.579. The zero-order valence-corrected chi connectivity index (χ0v) is 15.4. The molecule has 1 aliphatic carbocycles. The first-order chi connectivity index (χ1) is 11.7. The largest absolute Gasteiger partial charge is 0.352 e. The van der Waals surface area contributed by atoms with Crippen LogP contribution >= 0.6 is 12.4 Å². The first-order valence-corrected chi connectivity index (χ1v) is 9.11. The number of carbonyl (C=O) groups is 2. The van der Waals surface area contributed by atoms with E-state index in [-0.39, 0.29) is 30.1 Å². The van der Waals surface area contributed by atoms with Gasteiger partial charge in [-0.05, 0) is 30.5 Å². The number of piperazine rings is 1. The fourth-order valence-corrected chi connectivity index (χ4v) is 3.51. The highest BCUT2D eigenvalue weighted by Crippen LogP contribution is 2.23. The van der Waals surface area contributed by atoms with Gasteiger partial charge in [-0.2, -0.15) is 0 Å². The highest BCUT2D eigenvalue weighted by Gasteiger charge is 2.21. The highest BCUT2D eigenvalue weighted by molar-refractivity contribution is 5.94. The van der Waals surface area contributed by atoms with Crippen molar-refractivity contribution in [3.63, 3.8) is 0 Å². The van der Waals surface area contributed by atoms with Crippen LogP contribution in [0.4, 0.5) is 0 Å². The van der Waals surface area contributed by atoms with Crippen LogP contribution in [0.15, 0.2) is 24.3 Å². The van der Waals surface area contributed by atoms with E-state index < -0.39 is 0 Å². The van der Waals surface area contributed by atoms with E-state index in [1.54, 1.807) is 0 Å². The molecule has 2 fully saturated rings. The van der Waals surface area contributed by atoms with Crippen molar-refractivity contribution in [1.29, 1.82) is 0 Å². The molecule has 25 heavy (non-hydrogen) atoms. The summed E-state index contributed by atoms with van der Waals surface area (Å²) in [5, 5.41) is 6.29. The summed E-state index contributed by atoms with van der Waals surface area (Å²) < 4.78 is 0. The van der Waals surface area contributed by atoms with Gasteiger partial charge in [-0.3, -0.25) is 9.59 Å². The van der Waals surface area contributed by atoms with Crippen LogP contribution in [0.25, 0.3) is 0 Å². The second kappa shape index (κ2) is 9.78. The molecule has 0 spiro atoms. The van der Waals surface area contributed by atoms with Crippen molar-refractivity contribution in [3.05, 3.63) is 35.4 Å². The number of amides is 2. The molecule has 5 nitrogen and oxygen atoms in total. The number of nitrogens with zero attached hydrogens (tertiary/aromatic N) is 1. The van der Waals surface area contributed by atoms with Gasteiger partial charge in [0.25, 0.3) is 5.91 Å². The van der Waals surface area contributed by atoms with Crippen LogP contribution in [-0.2, 0) is 11.3 Å². The van der Waals surface area contributed by atoms with Crippen LogP contribution < -0.4 is 10.6 Å². The number of carbonyl (C=O) groups excluding carboxylic acids is 2. The molecule has 0 aromatic heterocycles. The third-order valence-corrected chi connectivity index (χ3v) is 5.05. The molecule has 2 aliphatic rings. The van der Waals surface area contributed by atoms with Crippen molar-refractivity contribution in [2.75, 3.05) is 26.2 Å². The van der Waals surface area contributed by atoms with Crippen LogP contribution in [-0.4, -0.2) is 42.9 Å². The Balaban J connectivity index is 0.00000225. The van der Waals surface area contributed by atoms with Gasteiger partial charge in [-0.15, -0.1) is 12.4 Å². The maximum Gasteiger partial charge on any atom is 0.253 e. The molecule has 1 heterocycles. The van der Waals surface area contributed by atoms with Gasteiger partial charge in [0.15, 0.2) is 0 Å². The lowest BCUT2D eigenvalue weighted by molar-refractivity contribution is -0.126. The van der Waals surface area contributed by atoms with E-state index in [0.29, 0.717) is 6.54 Å². The van der Waals surface area contributed by atoms with Crippen LogP contribution in [0.2, 0.25) is 0 Å². The van der Waals surface area contributed by atoms with Crippen LogP contribution in [0.5, 0.6) is 0 Å². The van der Waals surface area contributed by atoms with Gasteiger partial charge in [0, 0.05) is 44.2 Å². The van der Waals surface area contributed by atoms with Gasteiger partial charge >= 0.3 is 0 Å². The number of rotatable bonds is 4. The Labute approximate surface area is 155 Å². The highest BCUT2D eigenvalue weighted by atomic mass is 35.5. The minimum Gasteiger partial charge on any atom is -0.352 e. The fourth-order valence-electron chi connectivity index (χ4n) is 3.51. The van der Waals surface area contributed by atoms with Crippen molar-refractivity contribution in [1.82, 2.24) is 15.5 Å². The molecule has 1 aromatic rings. The lowest BCUT2D eigenvalue weighted by atomic mass is 9.88. The quantitative estimate of drug-likeness (QED) is 0.861. The summed E-state index contributed by atoms with van der Waals surface area (Å²) in [6.45, 7) is 3.78. The Morgan fingerprint density at radius 1 is 1.04 bits per heavy atom. The number of benzene rings is 1. The molecule has 6 heteroatoms. The van der Waals surface area contributed by atoms with Gasteiger partial charge in [-0.25, -0.2) is 0 Å². The van der Waals surface area contributed by atoms with Gasteiger partial charge in [0.2, 0.25) is 5.91 Å². The molecule has 1 aliphatic heterocycles. The zero-order valence-electron chi connectivity index (χ0n) is 14.6. The van der Waals surface area contributed by atoms with E-state index in [9.17, 15) is 9.59 Å². The number of nitrogens with one attached hydrogen (secondary N) is 2. The van der Waals surface area contributed by atoms with Gasteiger partial charge in [0.05, 0.1) is 0 Å². The lowest BCUT2D eigenvalue weighted by Gasteiger charge is -2.27. The molecule has 2 amide bonds. The van der Waals surface area contributed by atoms with Crippen molar-refractivity contribution in [3.8, 4) is 0 Å². The van der Waals surface area contributed by atoms with Crippen molar-refractivity contribution in [2.45, 2.75) is 38.6 Å². The van der Waals surface area contributed by atoms with E-state index in [1.807, 2.05) is 29.2 Å². The predicted molar refractivity (Wildman–Crippen MR) is 101 cm³/mol. The van der Waals surface area contributed by atoms with Crippen LogP contribution in [0.1, 0.15) is 48.0 Å². The summed E-state index contributed by atoms with van der Waals surface area (Å²) in [5.41, 5.74) is 1.76. The zero-order chi connectivity index (χ0) is 16.8. The van der Waals surface area contributed by atoms with Crippen molar-refractivity contribution >= 4 is 24.2 Å². The molecule has 0 bridgehead atoms. The molecule has 0 radical (unpaired) electrons. The van der Waals surface area contributed by atoms with E-state index in [4.69, 9.17) is 0 Å². The minimum atomic E-state index is 0. The second-order valence-electron chi connectivity index (χ2n) is 6.79. The summed E-state index contributed by atoms with van der Waals surface area (Å²) in [6, 6.07) is 7.62. The van der Waals surface area contributed by atoms with E-state index in [1.165, 1.54) is 19.3 Å². The summed E-state index contributed by atoms with van der Waals surface area (Å²) in [4.78, 5) is 26.5. The molecule has 0 atom stereocenters. The monoisotopic (exact) mass is 365 g/mol. The number of hydrogen-bond donors (Lipinski definition) is 2. The molecule has 138 valence electrons. The molecule has 3 rings (SSSR count). The van der Waals surface area contributed by atoms with E-state index in [2.05, 4.69) is 10.6 Å². The maximum absolute atomic E-state index is 12.4. The smallest absolute Gasteiger partial charge is 0.253 e. The number of halogens is 1. The normalized spacial score (nSPS) is 18.3. The van der Waals surface area contributed by atoms with Crippen molar-refractivity contribution in [2.24, 2.45) is 5.92 Å². The first-order valence-electron chi connectivity index (χ1n) is 9.11. The maximum atomic E-state index is 12.4. The lowest BCUT2D eigenvalue weighted by Crippen LogP contribution is -2.46. The summed E-state index contributed by atoms with van der Waals surface area (Å²) in [7, 11) is 0. The summed E-state index contributed by atoms with van der Waals surface area (Å²) in [5.74, 6) is 0.456. The second-order valence-corrected chi connectivity index (χ2v) is 6.79. The van der Waals surface area contributed by atoms with Crippen molar-refractivity contribution < 1.29 is 9.59 Å². The van der Waals surface area contributed by atoms with Gasteiger partial charge < -0.3 is 15.5 Å². The standard InChI is InChI=1S/C19H27N3O2.ClH/c23-18(16-4-2-1-3-5-16)21-14-15-6-8-17(9-7-15)19(24)22-12-10-20-11-13-22;/h6-9,16,20H,1-5,10-14H2,(H,21,23);1H. The Morgan fingerprint density at radius 2 is 1.68 bits per heavy atom. The van der Waals surface area contributed by atoms with E-state index >= 15 is 0 Å². The molecule has 1 saturated heterocycles. The third-order valence-electron chi connectivity index (χ3n) is 5.05. The van der Waals surface area contributed by atoms with E-state index in [0.717, 1.165) is 50.1 Å². The summed E-state index contributed by atoms with van der Waals surface area (Å²) in [6.07, 6.45) is 5.63. The molecule has 2 N–H and O–H groups in total. The van der Waals surface area contributed by atoms with Gasteiger partial charge in [0.1, 0.15) is 0 Å². The molecule has 1 aromatic carbocycles. The Morgan fingerprint density at radius 3 is 2.32 bits per heavy atom. The molecular formula is C19H28ClN3O2. The Hall–Kier alpha value is -1.59. The number of hydrogen-bond acceptors (Lipinski definition) is 3. The average molecular weight is 366 g/mol. The third kappa shape index (κ3) is 5.44. The first kappa shape index (κ1) is 19.7. The Bertz CT molecular complexity index is 565. The van der Waals surface area contributed by atoms with Crippen LogP contribution in [0, 0.1) is 5.92 Å². The summed E-state index contributed by atoms with van der Waals surface area (Å²) >= 11 is 0. The average Bonchev–Trinajstić information content (AvgIpc) is 2.67. The molecular weight excluding hydrogens is 338 g/mol. The molecule has 0 unspecified atom stereocenters. The SMILES string of the molecule is Cl.O=C(NCc1ccc(C(=O)N2CCNCC2)cc1)C1CCCCC1. The predicted octanol–water partition coefficient (Wildman–Crippen LogP) is 2.35. The topological polar surface area (TPSA) is 61.4 Å². The van der Waals surface area contributed by atoms with Crippen LogP contribution in [0.3, 0.4) is 0 Å². The Kier molecular flexibility index (Phi) is 7.72. The molecule has 1 saturated carbocycles.